The number of esters is 1. The molecule has 33 heavy (non-hydrogen) atoms. The Morgan fingerprint density at radius 2 is 1.85 bits per heavy atom. The summed E-state index contributed by atoms with van der Waals surface area (Å²) in [6, 6.07) is 0.766. The molecule has 2 heterocycles. The number of piperidine rings is 1. The molecule has 0 radical (unpaired) electrons. The second kappa shape index (κ2) is 12.4. The summed E-state index contributed by atoms with van der Waals surface area (Å²) in [5.74, 6) is -1.13. The average Bonchev–Trinajstić information content (AvgIpc) is 2.80. The van der Waals surface area contributed by atoms with Crippen molar-refractivity contribution in [3.63, 3.8) is 0 Å². The van der Waals surface area contributed by atoms with Crippen molar-refractivity contribution in [2.45, 2.75) is 57.9 Å². The van der Waals surface area contributed by atoms with E-state index in [2.05, 4.69) is 5.48 Å². The Hall–Kier alpha value is -2.84. The summed E-state index contributed by atoms with van der Waals surface area (Å²) in [4.78, 5) is 32.5. The lowest BCUT2D eigenvalue weighted by Crippen LogP contribution is -2.40. The van der Waals surface area contributed by atoms with Crippen molar-refractivity contribution in [1.29, 1.82) is 0 Å². The molecule has 0 spiro atoms. The van der Waals surface area contributed by atoms with Crippen LogP contribution in [0.15, 0.2) is 30.4 Å². The molecular formula is C25H34N2O6. The highest BCUT2D eigenvalue weighted by Gasteiger charge is 2.24. The van der Waals surface area contributed by atoms with Crippen molar-refractivity contribution >= 4 is 11.9 Å². The number of allylic oxidation sites excluding steroid dienone is 2. The van der Waals surface area contributed by atoms with Crippen molar-refractivity contribution in [1.82, 2.24) is 10.4 Å². The molecule has 2 aliphatic heterocycles. The van der Waals surface area contributed by atoms with Crippen LogP contribution in [-0.2, 0) is 20.8 Å². The van der Waals surface area contributed by atoms with E-state index in [1.807, 2.05) is 29.2 Å². The Labute approximate surface area is 194 Å². The Balaban J connectivity index is 1.78. The standard InChI is InChI=1S/C25H34N2O6/c1-18-20-15-19(26-33-17-23(30)27-12-8-6-9-13-27)11-7-4-2-3-5-10-14-32-25(31)24(20)22(29)16-21(18)28/h3,5,7,11,16,19,26,28-29H,2,4,6,8-10,12-15,17H2,1H3/b5-3+,11-7+. The fraction of sp³-hybridized carbons (Fsp3) is 0.520. The van der Waals surface area contributed by atoms with Crippen molar-refractivity contribution in [2.75, 3.05) is 26.3 Å². The predicted octanol–water partition coefficient (Wildman–Crippen LogP) is 3.30. The van der Waals surface area contributed by atoms with Gasteiger partial charge >= 0.3 is 5.97 Å². The van der Waals surface area contributed by atoms with Gasteiger partial charge in [-0.2, -0.15) is 5.48 Å². The first-order valence-electron chi connectivity index (χ1n) is 11.7. The van der Waals surface area contributed by atoms with E-state index in [1.165, 1.54) is 0 Å². The van der Waals surface area contributed by atoms with Gasteiger partial charge in [-0.3, -0.25) is 9.63 Å². The molecule has 180 valence electrons. The number of carbonyl (C=O) groups is 2. The molecule has 8 nitrogen and oxygen atoms in total. The van der Waals surface area contributed by atoms with E-state index in [4.69, 9.17) is 9.57 Å². The maximum atomic E-state index is 12.7. The van der Waals surface area contributed by atoms with Gasteiger partial charge in [0, 0.05) is 19.2 Å². The number of hydrogen-bond acceptors (Lipinski definition) is 7. The maximum absolute atomic E-state index is 12.7. The Bertz CT molecular complexity index is 889. The SMILES string of the molecule is Cc1c(O)cc(O)c2c1CC(NOCC(=O)N1CCCCC1)/C=C/CC/C=C/CCOC2=O. The number of hydroxylamine groups is 1. The molecule has 0 aliphatic carbocycles. The lowest BCUT2D eigenvalue weighted by Gasteiger charge is -2.27. The highest BCUT2D eigenvalue weighted by molar-refractivity contribution is 5.95. The fourth-order valence-electron chi connectivity index (χ4n) is 4.08. The van der Waals surface area contributed by atoms with Gasteiger partial charge in [0.2, 0.25) is 0 Å². The molecule has 1 fully saturated rings. The van der Waals surface area contributed by atoms with Crippen LogP contribution >= 0.6 is 0 Å². The minimum absolute atomic E-state index is 0.0379. The molecule has 8 heteroatoms. The number of nitrogens with zero attached hydrogens (tertiary/aromatic N) is 1. The second-order valence-electron chi connectivity index (χ2n) is 8.45. The number of ether oxygens (including phenoxy) is 1. The van der Waals surface area contributed by atoms with Crippen LogP contribution in [0, 0.1) is 6.92 Å². The number of carbonyl (C=O) groups excluding carboxylic acids is 2. The third kappa shape index (κ3) is 7.07. The number of amides is 1. The maximum Gasteiger partial charge on any atom is 0.342 e. The van der Waals surface area contributed by atoms with Crippen molar-refractivity contribution < 1.29 is 29.4 Å². The van der Waals surface area contributed by atoms with Crippen molar-refractivity contribution in [3.8, 4) is 11.5 Å². The van der Waals surface area contributed by atoms with Gasteiger partial charge in [0.1, 0.15) is 23.7 Å². The number of hydrogen-bond donors (Lipinski definition) is 3. The normalized spacial score (nSPS) is 22.0. The molecular weight excluding hydrogens is 424 g/mol. The minimum atomic E-state index is -0.639. The topological polar surface area (TPSA) is 108 Å². The summed E-state index contributed by atoms with van der Waals surface area (Å²) >= 11 is 0. The first kappa shape index (κ1) is 24.8. The molecule has 1 amide bonds. The average molecular weight is 459 g/mol. The van der Waals surface area contributed by atoms with Gasteiger partial charge in [-0.15, -0.1) is 0 Å². The van der Waals surface area contributed by atoms with Crippen LogP contribution < -0.4 is 5.48 Å². The van der Waals surface area contributed by atoms with E-state index < -0.39 is 12.0 Å². The van der Waals surface area contributed by atoms with Crippen LogP contribution in [0.2, 0.25) is 0 Å². The first-order chi connectivity index (χ1) is 16.0. The lowest BCUT2D eigenvalue weighted by molar-refractivity contribution is -0.140. The van der Waals surface area contributed by atoms with Crippen LogP contribution in [0.5, 0.6) is 11.5 Å². The van der Waals surface area contributed by atoms with Crippen LogP contribution in [-0.4, -0.2) is 59.3 Å². The summed E-state index contributed by atoms with van der Waals surface area (Å²) in [5.41, 5.74) is 3.92. The lowest BCUT2D eigenvalue weighted by atomic mass is 9.93. The van der Waals surface area contributed by atoms with E-state index in [1.54, 1.807) is 6.92 Å². The zero-order chi connectivity index (χ0) is 23.6. The van der Waals surface area contributed by atoms with E-state index in [0.717, 1.165) is 51.3 Å². The first-order valence-corrected chi connectivity index (χ1v) is 11.7. The van der Waals surface area contributed by atoms with Crippen molar-refractivity contribution in [2.24, 2.45) is 0 Å². The molecule has 1 aromatic rings. The minimum Gasteiger partial charge on any atom is -0.508 e. The van der Waals surface area contributed by atoms with Gasteiger partial charge in [-0.05, 0) is 63.0 Å². The van der Waals surface area contributed by atoms with Gasteiger partial charge in [-0.25, -0.2) is 4.79 Å². The highest BCUT2D eigenvalue weighted by Crippen LogP contribution is 2.33. The molecule has 3 rings (SSSR count). The molecule has 1 atom stereocenters. The Kier molecular flexibility index (Phi) is 9.33. The summed E-state index contributed by atoms with van der Waals surface area (Å²) in [6.07, 6.45) is 13.6. The zero-order valence-corrected chi connectivity index (χ0v) is 19.2. The van der Waals surface area contributed by atoms with Crippen LogP contribution in [0.1, 0.15) is 60.0 Å². The van der Waals surface area contributed by atoms with Crippen molar-refractivity contribution in [3.05, 3.63) is 47.1 Å². The van der Waals surface area contributed by atoms with E-state index in [9.17, 15) is 19.8 Å². The fourth-order valence-corrected chi connectivity index (χ4v) is 4.08. The summed E-state index contributed by atoms with van der Waals surface area (Å²) in [5, 5.41) is 20.7. The molecule has 0 bridgehead atoms. The van der Waals surface area contributed by atoms with Gasteiger partial charge in [0.15, 0.2) is 0 Å². The monoisotopic (exact) mass is 458 g/mol. The third-order valence-electron chi connectivity index (χ3n) is 5.99. The van der Waals surface area contributed by atoms with E-state index in [0.29, 0.717) is 17.5 Å². The molecule has 1 aromatic carbocycles. The number of phenols is 2. The number of phenolic OH excluding ortho intramolecular Hbond substituents is 2. The molecule has 0 aromatic heterocycles. The van der Waals surface area contributed by atoms with Crippen LogP contribution in [0.25, 0.3) is 0 Å². The van der Waals surface area contributed by atoms with Gasteiger partial charge in [0.05, 0.1) is 12.6 Å². The Morgan fingerprint density at radius 1 is 1.12 bits per heavy atom. The number of aromatic hydroxyl groups is 2. The number of rotatable bonds is 4. The number of nitrogens with one attached hydrogen (secondary N) is 1. The number of benzene rings is 1. The van der Waals surface area contributed by atoms with Gasteiger partial charge in [0.25, 0.3) is 5.91 Å². The van der Waals surface area contributed by atoms with Gasteiger partial charge in [-0.1, -0.05) is 24.3 Å². The Morgan fingerprint density at radius 3 is 2.64 bits per heavy atom. The quantitative estimate of drug-likeness (QED) is 0.361. The smallest absolute Gasteiger partial charge is 0.342 e. The molecule has 1 unspecified atom stereocenters. The summed E-state index contributed by atoms with van der Waals surface area (Å²) < 4.78 is 5.35. The summed E-state index contributed by atoms with van der Waals surface area (Å²) in [6.45, 7) is 3.31. The summed E-state index contributed by atoms with van der Waals surface area (Å²) in [7, 11) is 0. The molecule has 1 saturated heterocycles. The third-order valence-corrected chi connectivity index (χ3v) is 5.99. The number of cyclic esters (lactones) is 1. The largest absolute Gasteiger partial charge is 0.508 e. The van der Waals surface area contributed by atoms with Crippen LogP contribution in [0.3, 0.4) is 0 Å². The molecule has 2 aliphatic rings. The molecule has 0 saturated carbocycles. The highest BCUT2D eigenvalue weighted by atomic mass is 16.6. The number of fused-ring (bicyclic) bond motifs is 1. The zero-order valence-electron chi connectivity index (χ0n) is 19.2. The number of likely N-dealkylation sites (tertiary alicyclic amines) is 1. The van der Waals surface area contributed by atoms with E-state index >= 15 is 0 Å². The predicted molar refractivity (Wildman–Crippen MR) is 124 cm³/mol. The van der Waals surface area contributed by atoms with Crippen LogP contribution in [0.4, 0.5) is 0 Å². The molecule has 3 N–H and O–H groups in total. The van der Waals surface area contributed by atoms with Gasteiger partial charge < -0.3 is 19.8 Å². The van der Waals surface area contributed by atoms with E-state index in [-0.39, 0.29) is 42.6 Å². The second-order valence-corrected chi connectivity index (χ2v) is 8.45.